The highest BCUT2D eigenvalue weighted by Gasteiger charge is 2.17. The van der Waals surface area contributed by atoms with E-state index in [9.17, 15) is 14.3 Å². The van der Waals surface area contributed by atoms with Crippen molar-refractivity contribution in [1.29, 1.82) is 0 Å². The zero-order valence-electron chi connectivity index (χ0n) is 14.1. The molecule has 7 heteroatoms. The Morgan fingerprint density at radius 2 is 2.08 bits per heavy atom. The average molecular weight is 355 g/mol. The molecule has 0 aliphatic rings. The van der Waals surface area contributed by atoms with Crippen molar-refractivity contribution in [1.82, 2.24) is 15.5 Å². The van der Waals surface area contributed by atoms with Gasteiger partial charge in [-0.15, -0.1) is 0 Å². The number of ether oxygens (including phenoxy) is 1. The van der Waals surface area contributed by atoms with Gasteiger partial charge in [0.15, 0.2) is 0 Å². The van der Waals surface area contributed by atoms with Crippen LogP contribution in [0.15, 0.2) is 54.7 Å². The molecule has 6 nitrogen and oxygen atoms in total. The number of benzene rings is 2. The van der Waals surface area contributed by atoms with E-state index in [1.807, 2.05) is 12.1 Å². The smallest absolute Gasteiger partial charge is 0.255 e. The molecule has 3 aromatic rings. The molecular formula is C19H18FN3O3. The van der Waals surface area contributed by atoms with Gasteiger partial charge in [0.2, 0.25) is 0 Å². The fourth-order valence-corrected chi connectivity index (χ4v) is 2.55. The first-order valence-corrected chi connectivity index (χ1v) is 7.98. The van der Waals surface area contributed by atoms with Crippen LogP contribution in [0.4, 0.5) is 4.39 Å². The van der Waals surface area contributed by atoms with Gasteiger partial charge in [-0.1, -0.05) is 12.1 Å². The van der Waals surface area contributed by atoms with Gasteiger partial charge in [0.1, 0.15) is 11.6 Å². The second-order valence-electron chi connectivity index (χ2n) is 5.67. The van der Waals surface area contributed by atoms with Gasteiger partial charge < -0.3 is 15.2 Å². The van der Waals surface area contributed by atoms with Crippen molar-refractivity contribution in [2.45, 2.75) is 6.10 Å². The number of hydrogen-bond acceptors (Lipinski definition) is 4. The third-order valence-corrected chi connectivity index (χ3v) is 3.95. The number of nitrogens with one attached hydrogen (secondary N) is 2. The van der Waals surface area contributed by atoms with Crippen LogP contribution in [-0.2, 0) is 0 Å². The van der Waals surface area contributed by atoms with Crippen LogP contribution < -0.4 is 10.1 Å². The van der Waals surface area contributed by atoms with Crippen molar-refractivity contribution in [3.05, 3.63) is 71.7 Å². The summed E-state index contributed by atoms with van der Waals surface area (Å²) in [6, 6.07) is 12.8. The van der Waals surface area contributed by atoms with E-state index in [1.165, 1.54) is 24.4 Å². The number of nitrogens with zero attached hydrogens (tertiary/aromatic N) is 1. The highest BCUT2D eigenvalue weighted by Crippen LogP contribution is 2.23. The Labute approximate surface area is 149 Å². The molecule has 0 saturated carbocycles. The molecule has 0 bridgehead atoms. The van der Waals surface area contributed by atoms with Gasteiger partial charge in [-0.2, -0.15) is 5.10 Å². The van der Waals surface area contributed by atoms with Crippen LogP contribution in [0.5, 0.6) is 5.75 Å². The first-order valence-electron chi connectivity index (χ1n) is 7.98. The maximum absolute atomic E-state index is 13.2. The molecular weight excluding hydrogens is 337 g/mol. The maximum Gasteiger partial charge on any atom is 0.255 e. The number of aromatic amines is 1. The van der Waals surface area contributed by atoms with Gasteiger partial charge in [0.05, 0.1) is 30.7 Å². The second-order valence-corrected chi connectivity index (χ2v) is 5.67. The predicted octanol–water partition coefficient (Wildman–Crippen LogP) is 2.69. The van der Waals surface area contributed by atoms with Gasteiger partial charge in [0.25, 0.3) is 5.91 Å². The van der Waals surface area contributed by atoms with Crippen molar-refractivity contribution < 1.29 is 19.0 Å². The Morgan fingerprint density at radius 3 is 2.77 bits per heavy atom. The highest BCUT2D eigenvalue weighted by molar-refractivity contribution is 5.99. The van der Waals surface area contributed by atoms with Gasteiger partial charge in [-0.3, -0.25) is 9.89 Å². The number of hydrogen-bond donors (Lipinski definition) is 3. The van der Waals surface area contributed by atoms with E-state index in [1.54, 1.807) is 25.3 Å². The number of aromatic nitrogens is 2. The summed E-state index contributed by atoms with van der Waals surface area (Å²) in [5, 5.41) is 19.5. The number of H-pyrrole nitrogens is 1. The molecule has 1 heterocycles. The Bertz CT molecular complexity index is 893. The number of carbonyl (C=O) groups excluding carboxylic acids is 1. The van der Waals surface area contributed by atoms with Crippen LogP contribution in [0, 0.1) is 5.82 Å². The first-order chi connectivity index (χ1) is 12.6. The molecule has 0 fully saturated rings. The highest BCUT2D eigenvalue weighted by atomic mass is 19.1. The van der Waals surface area contributed by atoms with Crippen LogP contribution in [0.25, 0.3) is 11.3 Å². The average Bonchev–Trinajstić information content (AvgIpc) is 3.16. The molecule has 1 unspecified atom stereocenters. The second kappa shape index (κ2) is 7.79. The number of aliphatic hydroxyl groups is 1. The van der Waals surface area contributed by atoms with Gasteiger partial charge in [-0.05, 0) is 42.0 Å². The normalized spacial score (nSPS) is 11.8. The third kappa shape index (κ3) is 3.89. The topological polar surface area (TPSA) is 87.2 Å². The van der Waals surface area contributed by atoms with E-state index in [0.29, 0.717) is 22.6 Å². The molecule has 1 amide bonds. The fourth-order valence-electron chi connectivity index (χ4n) is 2.55. The van der Waals surface area contributed by atoms with Crippen molar-refractivity contribution in [3.8, 4) is 17.0 Å². The third-order valence-electron chi connectivity index (χ3n) is 3.95. The molecule has 0 saturated heterocycles. The fraction of sp³-hybridized carbons (Fsp3) is 0.158. The number of carbonyl (C=O) groups is 1. The summed E-state index contributed by atoms with van der Waals surface area (Å²) in [6.07, 6.45) is 0.412. The Balaban J connectivity index is 1.70. The summed E-state index contributed by atoms with van der Waals surface area (Å²) in [6.45, 7) is -0.0461. The lowest BCUT2D eigenvalue weighted by Crippen LogP contribution is -2.28. The molecule has 0 aliphatic heterocycles. The SMILES string of the molecule is COc1ccc(-c2[nH]ncc2C(=O)NCC(O)c2cccc(F)c2)cc1. The van der Waals surface area contributed by atoms with Gasteiger partial charge >= 0.3 is 0 Å². The van der Waals surface area contributed by atoms with Crippen LogP contribution in [-0.4, -0.2) is 34.9 Å². The van der Waals surface area contributed by atoms with Crippen molar-refractivity contribution in [3.63, 3.8) is 0 Å². The van der Waals surface area contributed by atoms with E-state index < -0.39 is 11.9 Å². The van der Waals surface area contributed by atoms with E-state index in [4.69, 9.17) is 4.74 Å². The molecule has 0 aliphatic carbocycles. The summed E-state index contributed by atoms with van der Waals surface area (Å²) >= 11 is 0. The van der Waals surface area contributed by atoms with E-state index in [0.717, 1.165) is 5.56 Å². The quantitative estimate of drug-likeness (QED) is 0.634. The largest absolute Gasteiger partial charge is 0.497 e. The van der Waals surface area contributed by atoms with Crippen LogP contribution in [0.1, 0.15) is 22.0 Å². The summed E-state index contributed by atoms with van der Waals surface area (Å²) in [7, 11) is 1.58. The Kier molecular flexibility index (Phi) is 5.28. The van der Waals surface area contributed by atoms with Crippen molar-refractivity contribution in [2.24, 2.45) is 0 Å². The Hall–Kier alpha value is -3.19. The van der Waals surface area contributed by atoms with E-state index >= 15 is 0 Å². The molecule has 1 atom stereocenters. The van der Waals surface area contributed by atoms with Gasteiger partial charge in [0, 0.05) is 12.1 Å². The number of methoxy groups -OCH3 is 1. The lowest BCUT2D eigenvalue weighted by molar-refractivity contribution is 0.0917. The molecule has 3 N–H and O–H groups in total. The molecule has 134 valence electrons. The molecule has 2 aromatic carbocycles. The lowest BCUT2D eigenvalue weighted by atomic mass is 10.1. The number of rotatable bonds is 6. The first kappa shape index (κ1) is 17.6. The summed E-state index contributed by atoms with van der Waals surface area (Å²) in [5.41, 5.74) is 2.08. The van der Waals surface area contributed by atoms with Crippen molar-refractivity contribution in [2.75, 3.05) is 13.7 Å². The lowest BCUT2D eigenvalue weighted by Gasteiger charge is -2.12. The standard InChI is InChI=1S/C19H18FN3O3/c1-26-15-7-5-12(6-8-15)18-16(10-22-23-18)19(25)21-11-17(24)13-3-2-4-14(20)9-13/h2-10,17,24H,11H2,1H3,(H,21,25)(H,22,23). The minimum absolute atomic E-state index is 0.0461. The zero-order valence-corrected chi connectivity index (χ0v) is 14.1. The summed E-state index contributed by atoms with van der Waals surface area (Å²) in [4.78, 5) is 12.4. The number of halogens is 1. The Morgan fingerprint density at radius 1 is 1.31 bits per heavy atom. The number of amides is 1. The van der Waals surface area contributed by atoms with Crippen LogP contribution in [0.3, 0.4) is 0 Å². The molecule has 1 aromatic heterocycles. The maximum atomic E-state index is 13.2. The number of aliphatic hydroxyl groups excluding tert-OH is 1. The molecule has 3 rings (SSSR count). The van der Waals surface area contributed by atoms with Crippen LogP contribution in [0.2, 0.25) is 0 Å². The minimum atomic E-state index is -1.01. The van der Waals surface area contributed by atoms with E-state index in [-0.39, 0.29) is 12.5 Å². The predicted molar refractivity (Wildman–Crippen MR) is 94.3 cm³/mol. The monoisotopic (exact) mass is 355 g/mol. The van der Waals surface area contributed by atoms with Crippen molar-refractivity contribution >= 4 is 5.91 Å². The van der Waals surface area contributed by atoms with Gasteiger partial charge in [-0.25, -0.2) is 4.39 Å². The van der Waals surface area contributed by atoms with E-state index in [2.05, 4.69) is 15.5 Å². The zero-order chi connectivity index (χ0) is 18.5. The van der Waals surface area contributed by atoms with Crippen LogP contribution >= 0.6 is 0 Å². The minimum Gasteiger partial charge on any atom is -0.497 e. The summed E-state index contributed by atoms with van der Waals surface area (Å²) < 4.78 is 18.3. The summed E-state index contributed by atoms with van der Waals surface area (Å²) in [5.74, 6) is -0.123. The molecule has 0 radical (unpaired) electrons. The molecule has 0 spiro atoms. The molecule has 26 heavy (non-hydrogen) atoms.